The van der Waals surface area contributed by atoms with Crippen molar-refractivity contribution in [2.75, 3.05) is 19.6 Å². The van der Waals surface area contributed by atoms with Gasteiger partial charge in [-0.2, -0.15) is 0 Å². The molecule has 5 heterocycles. The number of carbonyl (C=O) groups is 1. The number of likely N-dealkylation sites (tertiary alicyclic amines) is 1. The first-order chi connectivity index (χ1) is 17.3. The molecule has 0 saturated carbocycles. The molecule has 1 fully saturated rings. The zero-order valence-electron chi connectivity index (χ0n) is 21.2. The van der Waals surface area contributed by atoms with Gasteiger partial charge in [0.05, 0.1) is 22.8 Å². The Hall–Kier alpha value is -2.48. The van der Waals surface area contributed by atoms with Crippen molar-refractivity contribution in [3.05, 3.63) is 83.2 Å². The number of fused-ring (bicyclic) bond motifs is 1. The molecule has 2 aliphatic rings. The Labute approximate surface area is 221 Å². The zero-order valence-corrected chi connectivity index (χ0v) is 22.8. The highest BCUT2D eigenvalue weighted by molar-refractivity contribution is 7.12. The van der Waals surface area contributed by atoms with Gasteiger partial charge in [0.15, 0.2) is 0 Å². The van der Waals surface area contributed by atoms with E-state index < -0.39 is 0 Å². The van der Waals surface area contributed by atoms with E-state index in [-0.39, 0.29) is 11.5 Å². The number of H-pyrrole nitrogens is 1. The van der Waals surface area contributed by atoms with E-state index in [1.165, 1.54) is 9.75 Å². The van der Waals surface area contributed by atoms with Crippen molar-refractivity contribution in [3.8, 4) is 0 Å². The minimum absolute atomic E-state index is 0.0703. The summed E-state index contributed by atoms with van der Waals surface area (Å²) in [5.74, 6) is 0.708. The number of hydrogen-bond acceptors (Lipinski definition) is 5. The van der Waals surface area contributed by atoms with E-state index in [0.717, 1.165) is 73.4 Å². The van der Waals surface area contributed by atoms with Gasteiger partial charge in [0.25, 0.3) is 11.5 Å². The molecule has 36 heavy (non-hydrogen) atoms. The van der Waals surface area contributed by atoms with E-state index >= 15 is 0 Å². The summed E-state index contributed by atoms with van der Waals surface area (Å²) in [5.41, 5.74) is 5.47. The van der Waals surface area contributed by atoms with Crippen LogP contribution in [-0.2, 0) is 25.9 Å². The number of rotatable bonds is 6. The first-order valence-corrected chi connectivity index (χ1v) is 13.9. The molecular formula is C28H33ClN4O2S. The number of carbonyl (C=O) groups excluding carboxylic acids is 1. The number of aromatic amines is 1. The Morgan fingerprint density at radius 1 is 1.11 bits per heavy atom. The fourth-order valence-corrected chi connectivity index (χ4v) is 7.05. The van der Waals surface area contributed by atoms with Gasteiger partial charge in [0.1, 0.15) is 0 Å². The lowest BCUT2D eigenvalue weighted by Crippen LogP contribution is -2.38. The smallest absolute Gasteiger partial charge is 0.255 e. The highest BCUT2D eigenvalue weighted by Gasteiger charge is 2.31. The van der Waals surface area contributed by atoms with Crippen molar-refractivity contribution >= 4 is 28.8 Å². The summed E-state index contributed by atoms with van der Waals surface area (Å²) in [6.07, 6.45) is 5.94. The van der Waals surface area contributed by atoms with Crippen LogP contribution >= 0.6 is 22.9 Å². The molecule has 8 heteroatoms. The Morgan fingerprint density at radius 2 is 1.89 bits per heavy atom. The van der Waals surface area contributed by atoms with Crippen LogP contribution in [0.2, 0.25) is 5.02 Å². The molecule has 5 rings (SSSR count). The highest BCUT2D eigenvalue weighted by Crippen LogP contribution is 2.36. The summed E-state index contributed by atoms with van der Waals surface area (Å²) in [6.45, 7) is 9.96. The lowest BCUT2D eigenvalue weighted by molar-refractivity contribution is 0.0727. The molecule has 3 aromatic heterocycles. The molecule has 0 spiro atoms. The fraction of sp³-hybridized carbons (Fsp3) is 0.464. The lowest BCUT2D eigenvalue weighted by Gasteiger charge is -2.31. The maximum atomic E-state index is 13.5. The van der Waals surface area contributed by atoms with E-state index in [0.29, 0.717) is 29.6 Å². The first-order valence-electron chi connectivity index (χ1n) is 12.7. The van der Waals surface area contributed by atoms with Gasteiger partial charge < -0.3 is 9.88 Å². The van der Waals surface area contributed by atoms with Crippen LogP contribution in [0.1, 0.15) is 61.0 Å². The molecule has 0 atom stereocenters. The van der Waals surface area contributed by atoms with Gasteiger partial charge in [-0.1, -0.05) is 11.6 Å². The quantitative estimate of drug-likeness (QED) is 0.489. The van der Waals surface area contributed by atoms with E-state index in [4.69, 9.17) is 11.6 Å². The Balaban J connectivity index is 1.22. The summed E-state index contributed by atoms with van der Waals surface area (Å²) < 4.78 is 0. The highest BCUT2D eigenvalue weighted by atomic mass is 35.5. The molecular weight excluding hydrogens is 492 g/mol. The number of nitrogens with one attached hydrogen (secondary N) is 1. The molecule has 2 aliphatic heterocycles. The number of pyridine rings is 2. The number of thiophene rings is 1. The predicted molar refractivity (Wildman–Crippen MR) is 145 cm³/mol. The van der Waals surface area contributed by atoms with E-state index in [1.807, 2.05) is 48.3 Å². The van der Waals surface area contributed by atoms with Gasteiger partial charge in [-0.15, -0.1) is 11.3 Å². The van der Waals surface area contributed by atoms with Gasteiger partial charge in [0, 0.05) is 46.7 Å². The zero-order chi connectivity index (χ0) is 25.4. The van der Waals surface area contributed by atoms with Crippen molar-refractivity contribution in [2.45, 2.75) is 59.5 Å². The first kappa shape index (κ1) is 25.2. The molecule has 1 N–H and O–H groups in total. The van der Waals surface area contributed by atoms with Crippen LogP contribution in [0.5, 0.6) is 0 Å². The molecule has 0 bridgehead atoms. The molecule has 0 aromatic carbocycles. The summed E-state index contributed by atoms with van der Waals surface area (Å²) in [5, 5.41) is 0.673. The summed E-state index contributed by atoms with van der Waals surface area (Å²) in [4.78, 5) is 40.2. The van der Waals surface area contributed by atoms with Crippen molar-refractivity contribution < 1.29 is 4.79 Å². The van der Waals surface area contributed by atoms with Gasteiger partial charge >= 0.3 is 0 Å². The number of piperidine rings is 1. The fourth-order valence-electron chi connectivity index (χ4n) is 5.53. The number of hydrogen-bond donors (Lipinski definition) is 1. The van der Waals surface area contributed by atoms with Crippen LogP contribution in [0.25, 0.3) is 0 Å². The molecule has 0 unspecified atom stereocenters. The molecule has 6 nitrogen and oxygen atoms in total. The van der Waals surface area contributed by atoms with E-state index in [9.17, 15) is 9.59 Å². The molecule has 0 radical (unpaired) electrons. The second-order valence-electron chi connectivity index (χ2n) is 10.3. The lowest BCUT2D eigenvalue weighted by atomic mass is 9.91. The maximum absolute atomic E-state index is 13.5. The largest absolute Gasteiger partial charge is 0.334 e. The van der Waals surface area contributed by atoms with Gasteiger partial charge in [-0.3, -0.25) is 19.5 Å². The average molecular weight is 525 g/mol. The number of nitrogens with zero attached hydrogens (tertiary/aromatic N) is 3. The number of aryl methyl sites for hydroxylation is 2. The average Bonchev–Trinajstić information content (AvgIpc) is 3.16. The van der Waals surface area contributed by atoms with Crippen LogP contribution in [-0.4, -0.2) is 45.3 Å². The molecule has 1 amide bonds. The topological polar surface area (TPSA) is 69.3 Å². The molecule has 0 aliphatic carbocycles. The molecule has 3 aromatic rings. The third-order valence-corrected chi connectivity index (χ3v) is 9.22. The number of halogens is 1. The van der Waals surface area contributed by atoms with Crippen LogP contribution in [0.3, 0.4) is 0 Å². The van der Waals surface area contributed by atoms with Crippen LogP contribution in [0.4, 0.5) is 0 Å². The summed E-state index contributed by atoms with van der Waals surface area (Å²) in [6, 6.07) is 5.88. The summed E-state index contributed by atoms with van der Waals surface area (Å²) in [7, 11) is 0. The SMILES string of the molecule is Cc1cc(C)c(CN2CCc3sc(CC4CCN(Cc5ccc(Cl)cn5)CC4)c(C)c3C2=O)c(=O)[nH]1. The van der Waals surface area contributed by atoms with Crippen molar-refractivity contribution in [1.29, 1.82) is 0 Å². The van der Waals surface area contributed by atoms with E-state index in [2.05, 4.69) is 21.8 Å². The van der Waals surface area contributed by atoms with Gasteiger partial charge in [-0.25, -0.2) is 0 Å². The second kappa shape index (κ2) is 10.5. The molecule has 190 valence electrons. The van der Waals surface area contributed by atoms with Crippen molar-refractivity contribution in [2.24, 2.45) is 5.92 Å². The number of amides is 1. The van der Waals surface area contributed by atoms with Gasteiger partial charge in [0.2, 0.25) is 0 Å². The Morgan fingerprint density at radius 3 is 2.58 bits per heavy atom. The third-order valence-electron chi connectivity index (χ3n) is 7.63. The minimum Gasteiger partial charge on any atom is -0.334 e. The monoisotopic (exact) mass is 524 g/mol. The van der Waals surface area contributed by atoms with Crippen LogP contribution in [0.15, 0.2) is 29.2 Å². The number of aromatic nitrogens is 2. The second-order valence-corrected chi connectivity index (χ2v) is 11.9. The normalized spacial score (nSPS) is 17.0. The van der Waals surface area contributed by atoms with Crippen LogP contribution < -0.4 is 5.56 Å². The van der Waals surface area contributed by atoms with Crippen LogP contribution in [0, 0.1) is 26.7 Å². The third kappa shape index (κ3) is 5.29. The van der Waals surface area contributed by atoms with Gasteiger partial charge in [-0.05, 0) is 88.4 Å². The van der Waals surface area contributed by atoms with Crippen molar-refractivity contribution in [3.63, 3.8) is 0 Å². The van der Waals surface area contributed by atoms with Crippen molar-refractivity contribution in [1.82, 2.24) is 19.8 Å². The summed E-state index contributed by atoms with van der Waals surface area (Å²) >= 11 is 7.79. The molecule has 1 saturated heterocycles. The Kier molecular flexibility index (Phi) is 7.33. The minimum atomic E-state index is -0.0907. The van der Waals surface area contributed by atoms with E-state index in [1.54, 1.807) is 6.20 Å². The predicted octanol–water partition coefficient (Wildman–Crippen LogP) is 5.06. The standard InChI is InChI=1S/C28H33ClN4O2S/c1-17-12-18(2)31-27(34)23(17)16-33-11-8-24-26(28(33)35)19(3)25(36-24)13-20-6-9-32(10-7-20)15-22-5-4-21(29)14-30-22/h4-5,12,14,20H,6-11,13,15-16H2,1-3H3,(H,31,34). The Bertz CT molecular complexity index is 1320. The maximum Gasteiger partial charge on any atom is 0.255 e.